The Morgan fingerprint density at radius 2 is 1.47 bits per heavy atom. The molecule has 1 amide bonds. The molecule has 0 spiro atoms. The minimum absolute atomic E-state index is 0.0387. The summed E-state index contributed by atoms with van der Waals surface area (Å²) in [6.07, 6.45) is 1.57. The average Bonchev–Trinajstić information content (AvgIpc) is 2.92. The Hall–Kier alpha value is -3.52. The zero-order valence-corrected chi connectivity index (χ0v) is 24.2. The van der Waals surface area contributed by atoms with Gasteiger partial charge >= 0.3 is 0 Å². The summed E-state index contributed by atoms with van der Waals surface area (Å²) in [5.74, 6) is 0.801. The van der Waals surface area contributed by atoms with Crippen molar-refractivity contribution in [1.29, 1.82) is 0 Å². The number of hydrogen-bond acceptors (Lipinski definition) is 6. The van der Waals surface area contributed by atoms with Gasteiger partial charge in [0.2, 0.25) is 0 Å². The van der Waals surface area contributed by atoms with Gasteiger partial charge < -0.3 is 9.47 Å². The molecule has 0 saturated heterocycles. The van der Waals surface area contributed by atoms with E-state index in [4.69, 9.17) is 9.47 Å². The maximum Gasteiger partial charge on any atom is 0.275 e. The molecule has 192 valence electrons. The summed E-state index contributed by atoms with van der Waals surface area (Å²) in [7, 11) is 0. The molecule has 0 bridgehead atoms. The Bertz CT molecular complexity index is 1440. The number of nitro groups is 1. The van der Waals surface area contributed by atoms with E-state index in [2.05, 4.69) is 55.7 Å². The molecule has 0 atom stereocenters. The second-order valence-corrected chi connectivity index (χ2v) is 10.3. The molecular weight excluding hydrogens is 712 g/mol. The summed E-state index contributed by atoms with van der Waals surface area (Å²) in [6, 6.07) is 26.8. The molecule has 0 aliphatic heterocycles. The van der Waals surface area contributed by atoms with Gasteiger partial charge in [-0.15, -0.1) is 0 Å². The summed E-state index contributed by atoms with van der Waals surface area (Å²) < 4.78 is 13.6. The van der Waals surface area contributed by atoms with E-state index >= 15 is 0 Å². The molecule has 4 aromatic carbocycles. The molecule has 10 heteroatoms. The largest absolute Gasteiger partial charge is 0.488 e. The van der Waals surface area contributed by atoms with E-state index in [0.29, 0.717) is 23.7 Å². The first-order valence-corrected chi connectivity index (χ1v) is 13.5. The van der Waals surface area contributed by atoms with Crippen LogP contribution in [0.4, 0.5) is 5.69 Å². The van der Waals surface area contributed by atoms with Crippen LogP contribution in [0.1, 0.15) is 27.0 Å². The van der Waals surface area contributed by atoms with Crippen molar-refractivity contribution >= 4 is 63.0 Å². The number of amides is 1. The normalized spacial score (nSPS) is 10.8. The van der Waals surface area contributed by atoms with Crippen LogP contribution in [0, 0.1) is 17.3 Å². The highest BCUT2D eigenvalue weighted by atomic mass is 127. The number of ether oxygens (including phenoxy) is 2. The second kappa shape index (κ2) is 13.3. The summed E-state index contributed by atoms with van der Waals surface area (Å²) in [5.41, 5.74) is 5.61. The maximum absolute atomic E-state index is 12.8. The van der Waals surface area contributed by atoms with E-state index in [0.717, 1.165) is 23.8 Å². The van der Waals surface area contributed by atoms with Crippen LogP contribution < -0.4 is 14.9 Å². The molecule has 8 nitrogen and oxygen atoms in total. The van der Waals surface area contributed by atoms with Crippen LogP contribution in [0.2, 0.25) is 0 Å². The van der Waals surface area contributed by atoms with Gasteiger partial charge in [0.25, 0.3) is 11.6 Å². The second-order valence-electron chi connectivity index (χ2n) is 8.00. The molecule has 0 heterocycles. The van der Waals surface area contributed by atoms with E-state index in [1.54, 1.807) is 36.5 Å². The number of para-hydroxylation sites is 1. The summed E-state index contributed by atoms with van der Waals surface area (Å²) in [4.78, 5) is 23.2. The number of hydrogen-bond donors (Lipinski definition) is 1. The van der Waals surface area contributed by atoms with Gasteiger partial charge in [-0.2, -0.15) is 5.10 Å². The number of carbonyl (C=O) groups is 1. The number of halogens is 2. The molecule has 38 heavy (non-hydrogen) atoms. The smallest absolute Gasteiger partial charge is 0.275 e. The Labute approximate surface area is 246 Å². The number of hydrazone groups is 1. The highest BCUT2D eigenvalue weighted by molar-refractivity contribution is 14.1. The number of nitrogens with zero attached hydrogens (tertiary/aromatic N) is 2. The number of rotatable bonds is 10. The molecule has 1 N–H and O–H groups in total. The van der Waals surface area contributed by atoms with Crippen LogP contribution in [-0.4, -0.2) is 17.0 Å². The van der Waals surface area contributed by atoms with Gasteiger partial charge in [-0.05, 0) is 98.3 Å². The van der Waals surface area contributed by atoms with Gasteiger partial charge in [0.15, 0.2) is 0 Å². The average molecular weight is 733 g/mol. The lowest BCUT2D eigenvalue weighted by atomic mass is 10.2. The van der Waals surface area contributed by atoms with Gasteiger partial charge in [-0.1, -0.05) is 42.5 Å². The van der Waals surface area contributed by atoms with Gasteiger partial charge in [-0.3, -0.25) is 14.9 Å². The van der Waals surface area contributed by atoms with Crippen molar-refractivity contribution in [2.24, 2.45) is 5.10 Å². The molecule has 4 rings (SSSR count). The molecule has 0 radical (unpaired) electrons. The van der Waals surface area contributed by atoms with Gasteiger partial charge in [0.05, 0.1) is 23.8 Å². The van der Waals surface area contributed by atoms with Crippen LogP contribution in [0.5, 0.6) is 11.5 Å². The predicted molar refractivity (Wildman–Crippen MR) is 162 cm³/mol. The molecule has 0 fully saturated rings. The van der Waals surface area contributed by atoms with Crippen molar-refractivity contribution in [3.8, 4) is 11.5 Å². The number of non-ortho nitro benzene ring substituents is 1. The number of benzene rings is 4. The standard InChI is InChI=1S/C28H21I2N3O5/c29-24-14-21(15-25(30)27(24)38-18-20-10-12-22(13-11-20)33(35)36)16-31-32-28(34)23-8-4-5-9-26(23)37-17-19-6-2-1-3-7-19/h1-16H,17-18H2,(H,32,34)/b31-16+. The fraction of sp³-hybridized carbons (Fsp3) is 0.0714. The Balaban J connectivity index is 1.36. The first kappa shape index (κ1) is 27.5. The van der Waals surface area contributed by atoms with Crippen molar-refractivity contribution < 1.29 is 19.2 Å². The van der Waals surface area contributed by atoms with Gasteiger partial charge in [-0.25, -0.2) is 5.43 Å². The lowest BCUT2D eigenvalue weighted by Crippen LogP contribution is -2.18. The highest BCUT2D eigenvalue weighted by Gasteiger charge is 2.13. The van der Waals surface area contributed by atoms with Gasteiger partial charge in [0.1, 0.15) is 24.7 Å². The summed E-state index contributed by atoms with van der Waals surface area (Å²) in [6.45, 7) is 0.628. The minimum atomic E-state index is -0.433. The predicted octanol–water partition coefficient (Wildman–Crippen LogP) is 6.73. The van der Waals surface area contributed by atoms with Crippen molar-refractivity contribution in [3.05, 3.63) is 131 Å². The van der Waals surface area contributed by atoms with E-state index in [-0.39, 0.29) is 18.2 Å². The zero-order chi connectivity index (χ0) is 26.9. The SMILES string of the molecule is O=C(N/N=C/c1cc(I)c(OCc2ccc([N+](=O)[O-])cc2)c(I)c1)c1ccccc1OCc1ccccc1. The van der Waals surface area contributed by atoms with E-state index in [1.807, 2.05) is 48.5 Å². The summed E-state index contributed by atoms with van der Waals surface area (Å²) >= 11 is 4.35. The number of carbonyl (C=O) groups excluding carboxylic acids is 1. The third-order valence-electron chi connectivity index (χ3n) is 5.30. The van der Waals surface area contributed by atoms with Crippen molar-refractivity contribution in [2.75, 3.05) is 0 Å². The first-order valence-electron chi connectivity index (χ1n) is 11.3. The molecule has 0 saturated carbocycles. The van der Waals surface area contributed by atoms with Crippen molar-refractivity contribution in [2.45, 2.75) is 13.2 Å². The van der Waals surface area contributed by atoms with Crippen molar-refractivity contribution in [1.82, 2.24) is 5.43 Å². The maximum atomic E-state index is 12.8. The first-order chi connectivity index (χ1) is 18.4. The van der Waals surface area contributed by atoms with E-state index < -0.39 is 4.92 Å². The quantitative estimate of drug-likeness (QED) is 0.0844. The monoisotopic (exact) mass is 733 g/mol. The molecule has 4 aromatic rings. The van der Waals surface area contributed by atoms with E-state index in [1.165, 1.54) is 12.1 Å². The third-order valence-corrected chi connectivity index (χ3v) is 6.90. The lowest BCUT2D eigenvalue weighted by Gasteiger charge is -2.12. The fourth-order valence-electron chi connectivity index (χ4n) is 3.40. The lowest BCUT2D eigenvalue weighted by molar-refractivity contribution is -0.384. The Kier molecular flexibility index (Phi) is 9.65. The topological polar surface area (TPSA) is 103 Å². The Morgan fingerprint density at radius 3 is 2.16 bits per heavy atom. The summed E-state index contributed by atoms with van der Waals surface area (Å²) in [5, 5.41) is 14.9. The molecule has 0 aromatic heterocycles. The number of nitrogens with one attached hydrogen (secondary N) is 1. The molecular formula is C28H21I2N3O5. The third kappa shape index (κ3) is 7.51. The van der Waals surface area contributed by atoms with Crippen LogP contribution in [-0.2, 0) is 13.2 Å². The minimum Gasteiger partial charge on any atom is -0.488 e. The molecule has 0 aliphatic carbocycles. The Morgan fingerprint density at radius 1 is 0.868 bits per heavy atom. The molecule has 0 aliphatic rings. The molecule has 0 unspecified atom stereocenters. The van der Waals surface area contributed by atoms with Crippen molar-refractivity contribution in [3.63, 3.8) is 0 Å². The van der Waals surface area contributed by atoms with Gasteiger partial charge in [0, 0.05) is 12.1 Å². The zero-order valence-electron chi connectivity index (χ0n) is 19.8. The van der Waals surface area contributed by atoms with E-state index in [9.17, 15) is 14.9 Å². The fourth-order valence-corrected chi connectivity index (χ4v) is 5.53. The number of nitro benzene ring substituents is 1. The van der Waals surface area contributed by atoms with Crippen LogP contribution in [0.3, 0.4) is 0 Å². The van der Waals surface area contributed by atoms with Crippen LogP contribution in [0.15, 0.2) is 96.1 Å². The van der Waals surface area contributed by atoms with Crippen LogP contribution >= 0.6 is 45.2 Å². The highest BCUT2D eigenvalue weighted by Crippen LogP contribution is 2.29. The van der Waals surface area contributed by atoms with Crippen LogP contribution in [0.25, 0.3) is 0 Å².